The SMILES string of the molecule is Cc1ccc(NC(=O)NC(=O)COC(=O)[C@H](C)NC(=O)c2ccco2)c(C)c1. The molecule has 0 spiro atoms. The largest absolute Gasteiger partial charge is 0.459 e. The molecule has 0 radical (unpaired) electrons. The molecule has 0 unspecified atom stereocenters. The number of rotatable bonds is 6. The Morgan fingerprint density at radius 3 is 2.54 bits per heavy atom. The van der Waals surface area contributed by atoms with Gasteiger partial charge in [-0.2, -0.15) is 0 Å². The third-order valence-electron chi connectivity index (χ3n) is 3.67. The van der Waals surface area contributed by atoms with Gasteiger partial charge in [-0.25, -0.2) is 9.59 Å². The lowest BCUT2D eigenvalue weighted by Gasteiger charge is -2.13. The molecule has 1 aromatic heterocycles. The summed E-state index contributed by atoms with van der Waals surface area (Å²) in [5, 5.41) is 6.97. The highest BCUT2D eigenvalue weighted by atomic mass is 16.5. The minimum Gasteiger partial charge on any atom is -0.459 e. The zero-order valence-corrected chi connectivity index (χ0v) is 15.7. The van der Waals surface area contributed by atoms with Crippen LogP contribution in [0.15, 0.2) is 41.0 Å². The fourth-order valence-electron chi connectivity index (χ4n) is 2.27. The molecule has 28 heavy (non-hydrogen) atoms. The molecule has 9 heteroatoms. The highest BCUT2D eigenvalue weighted by molar-refractivity contribution is 6.02. The number of esters is 1. The molecule has 3 N–H and O–H groups in total. The van der Waals surface area contributed by atoms with E-state index in [1.165, 1.54) is 25.3 Å². The molecule has 4 amide bonds. The smallest absolute Gasteiger partial charge is 0.328 e. The van der Waals surface area contributed by atoms with Gasteiger partial charge in [0.15, 0.2) is 12.4 Å². The molecule has 0 saturated heterocycles. The van der Waals surface area contributed by atoms with Crippen LogP contribution in [0.1, 0.15) is 28.6 Å². The monoisotopic (exact) mass is 387 g/mol. The maximum Gasteiger partial charge on any atom is 0.328 e. The minimum absolute atomic E-state index is 0.0421. The van der Waals surface area contributed by atoms with Crippen LogP contribution in [-0.2, 0) is 14.3 Å². The van der Waals surface area contributed by atoms with Crippen LogP contribution < -0.4 is 16.0 Å². The predicted octanol–water partition coefficient (Wildman–Crippen LogP) is 1.91. The molecule has 1 heterocycles. The van der Waals surface area contributed by atoms with Crippen molar-refractivity contribution in [2.45, 2.75) is 26.8 Å². The Kier molecular flexibility index (Phi) is 6.91. The summed E-state index contributed by atoms with van der Waals surface area (Å²) in [7, 11) is 0. The number of benzene rings is 1. The second-order valence-corrected chi connectivity index (χ2v) is 6.10. The van der Waals surface area contributed by atoms with Gasteiger partial charge in [0.1, 0.15) is 6.04 Å². The zero-order valence-electron chi connectivity index (χ0n) is 15.7. The maximum atomic E-state index is 11.9. The van der Waals surface area contributed by atoms with E-state index in [9.17, 15) is 19.2 Å². The van der Waals surface area contributed by atoms with Gasteiger partial charge in [-0.1, -0.05) is 17.7 Å². The number of furan rings is 1. The summed E-state index contributed by atoms with van der Waals surface area (Å²) in [5.41, 5.74) is 2.44. The number of nitrogens with one attached hydrogen (secondary N) is 3. The van der Waals surface area contributed by atoms with Crippen LogP contribution in [0.5, 0.6) is 0 Å². The Labute approximate surface area is 161 Å². The molecule has 2 rings (SSSR count). The zero-order chi connectivity index (χ0) is 20.7. The molecular formula is C19H21N3O6. The third-order valence-corrected chi connectivity index (χ3v) is 3.67. The Morgan fingerprint density at radius 2 is 1.89 bits per heavy atom. The standard InChI is InChI=1S/C19H21N3O6/c1-11-6-7-14(12(2)9-11)21-19(26)22-16(23)10-28-18(25)13(3)20-17(24)15-5-4-8-27-15/h4-9,13H,10H2,1-3H3,(H,20,24)(H2,21,22,23,26)/t13-/m0/s1. The van der Waals surface area contributed by atoms with Gasteiger partial charge in [0.2, 0.25) is 0 Å². The first kappa shape index (κ1) is 20.7. The van der Waals surface area contributed by atoms with E-state index in [2.05, 4.69) is 16.0 Å². The second kappa shape index (κ2) is 9.36. The van der Waals surface area contributed by atoms with E-state index >= 15 is 0 Å². The van der Waals surface area contributed by atoms with Crippen molar-refractivity contribution in [3.05, 3.63) is 53.5 Å². The molecule has 0 aliphatic carbocycles. The number of urea groups is 1. The maximum absolute atomic E-state index is 11.9. The number of amides is 4. The predicted molar refractivity (Wildman–Crippen MR) is 99.7 cm³/mol. The van der Waals surface area contributed by atoms with Crippen molar-refractivity contribution in [2.24, 2.45) is 0 Å². The lowest BCUT2D eigenvalue weighted by Crippen LogP contribution is -2.42. The van der Waals surface area contributed by atoms with E-state index in [1.54, 1.807) is 6.07 Å². The second-order valence-electron chi connectivity index (χ2n) is 6.10. The van der Waals surface area contributed by atoms with E-state index in [1.807, 2.05) is 26.0 Å². The number of carbonyl (C=O) groups is 4. The summed E-state index contributed by atoms with van der Waals surface area (Å²) in [4.78, 5) is 47.3. The normalized spacial score (nSPS) is 11.2. The molecular weight excluding hydrogens is 366 g/mol. The van der Waals surface area contributed by atoms with E-state index in [0.29, 0.717) is 5.69 Å². The van der Waals surface area contributed by atoms with Gasteiger partial charge in [-0.15, -0.1) is 0 Å². The van der Waals surface area contributed by atoms with Crippen LogP contribution in [0.4, 0.5) is 10.5 Å². The first-order chi connectivity index (χ1) is 13.3. The molecule has 2 aromatic rings. The fraction of sp³-hybridized carbons (Fsp3) is 0.263. The molecule has 1 atom stereocenters. The number of carbonyl (C=O) groups excluding carboxylic acids is 4. The summed E-state index contributed by atoms with van der Waals surface area (Å²) in [6, 6.07) is 6.66. The van der Waals surface area contributed by atoms with Crippen molar-refractivity contribution < 1.29 is 28.3 Å². The summed E-state index contributed by atoms with van der Waals surface area (Å²) >= 11 is 0. The first-order valence-electron chi connectivity index (χ1n) is 8.45. The highest BCUT2D eigenvalue weighted by Crippen LogP contribution is 2.15. The summed E-state index contributed by atoms with van der Waals surface area (Å²) in [6.45, 7) is 4.48. The van der Waals surface area contributed by atoms with Gasteiger partial charge in [0.05, 0.1) is 6.26 Å². The molecule has 1 aromatic carbocycles. The van der Waals surface area contributed by atoms with Gasteiger partial charge < -0.3 is 19.8 Å². The number of imide groups is 1. The molecule has 0 aliphatic heterocycles. The van der Waals surface area contributed by atoms with Crippen molar-refractivity contribution in [2.75, 3.05) is 11.9 Å². The fourth-order valence-corrected chi connectivity index (χ4v) is 2.27. The van der Waals surface area contributed by atoms with Crippen LogP contribution in [0, 0.1) is 13.8 Å². The number of hydrogen-bond donors (Lipinski definition) is 3. The molecule has 148 valence electrons. The van der Waals surface area contributed by atoms with Crippen molar-refractivity contribution in [3.8, 4) is 0 Å². The van der Waals surface area contributed by atoms with Crippen LogP contribution in [-0.4, -0.2) is 36.5 Å². The topological polar surface area (TPSA) is 127 Å². The molecule has 0 fully saturated rings. The van der Waals surface area contributed by atoms with Crippen LogP contribution in [0.2, 0.25) is 0 Å². The Bertz CT molecular complexity index is 876. The number of hydrogen-bond acceptors (Lipinski definition) is 6. The van der Waals surface area contributed by atoms with Crippen molar-refractivity contribution in [3.63, 3.8) is 0 Å². The minimum atomic E-state index is -1.01. The summed E-state index contributed by atoms with van der Waals surface area (Å²) < 4.78 is 9.71. The van der Waals surface area contributed by atoms with Gasteiger partial charge in [0, 0.05) is 5.69 Å². The van der Waals surface area contributed by atoms with Crippen molar-refractivity contribution >= 4 is 29.5 Å². The van der Waals surface area contributed by atoms with E-state index in [0.717, 1.165) is 11.1 Å². The van der Waals surface area contributed by atoms with Gasteiger partial charge in [0.25, 0.3) is 11.8 Å². The molecule has 0 aliphatic rings. The number of aryl methyl sites for hydroxylation is 2. The number of anilines is 1. The van der Waals surface area contributed by atoms with Crippen LogP contribution >= 0.6 is 0 Å². The summed E-state index contributed by atoms with van der Waals surface area (Å²) in [5.74, 6) is -2.18. The first-order valence-corrected chi connectivity index (χ1v) is 8.45. The van der Waals surface area contributed by atoms with Crippen LogP contribution in [0.25, 0.3) is 0 Å². The molecule has 0 bridgehead atoms. The lowest BCUT2D eigenvalue weighted by atomic mass is 10.1. The van der Waals surface area contributed by atoms with E-state index in [4.69, 9.17) is 9.15 Å². The van der Waals surface area contributed by atoms with E-state index in [-0.39, 0.29) is 5.76 Å². The van der Waals surface area contributed by atoms with Gasteiger partial charge >= 0.3 is 12.0 Å². The highest BCUT2D eigenvalue weighted by Gasteiger charge is 2.20. The quantitative estimate of drug-likeness (QED) is 0.650. The average molecular weight is 387 g/mol. The molecule has 0 saturated carbocycles. The lowest BCUT2D eigenvalue weighted by molar-refractivity contribution is -0.149. The molecule has 9 nitrogen and oxygen atoms in total. The average Bonchev–Trinajstić information content (AvgIpc) is 3.16. The summed E-state index contributed by atoms with van der Waals surface area (Å²) in [6.07, 6.45) is 1.32. The van der Waals surface area contributed by atoms with Gasteiger partial charge in [-0.3, -0.25) is 14.9 Å². The van der Waals surface area contributed by atoms with Crippen molar-refractivity contribution in [1.82, 2.24) is 10.6 Å². The Morgan fingerprint density at radius 1 is 1.14 bits per heavy atom. The van der Waals surface area contributed by atoms with E-state index < -0.39 is 36.5 Å². The van der Waals surface area contributed by atoms with Crippen molar-refractivity contribution in [1.29, 1.82) is 0 Å². The van der Waals surface area contributed by atoms with Crippen LogP contribution in [0.3, 0.4) is 0 Å². The van der Waals surface area contributed by atoms with Gasteiger partial charge in [-0.05, 0) is 44.5 Å². The Hall–Kier alpha value is -3.62. The third kappa shape index (κ3) is 5.97. The number of ether oxygens (including phenoxy) is 1. The Balaban J connectivity index is 1.75.